The summed E-state index contributed by atoms with van der Waals surface area (Å²) in [5.74, 6) is 0.927. The molecule has 8 nitrogen and oxygen atoms in total. The molecule has 0 spiro atoms. The van der Waals surface area contributed by atoms with Crippen LogP contribution >= 0.6 is 11.8 Å². The third kappa shape index (κ3) is 4.04. The number of hydrogen-bond donors (Lipinski definition) is 1. The number of rotatable bonds is 6. The summed E-state index contributed by atoms with van der Waals surface area (Å²) in [5, 5.41) is 3.49. The van der Waals surface area contributed by atoms with Crippen molar-refractivity contribution in [2.45, 2.75) is 55.8 Å². The highest BCUT2D eigenvalue weighted by Crippen LogP contribution is 2.32. The van der Waals surface area contributed by atoms with E-state index < -0.39 is 0 Å². The van der Waals surface area contributed by atoms with Crippen LogP contribution in [-0.2, 0) is 11.3 Å². The number of amides is 1. The van der Waals surface area contributed by atoms with Gasteiger partial charge >= 0.3 is 0 Å². The summed E-state index contributed by atoms with van der Waals surface area (Å²) in [7, 11) is 0. The molecule has 1 aliphatic heterocycles. The summed E-state index contributed by atoms with van der Waals surface area (Å²) < 4.78 is 3.11. The standard InChI is InChI=1S/C19H23N5O3S/c25-16(9-14-11-28-19-21-6-5-17(26)24(14)19)20-7-8-23-12-22-15(10-18(23)27)13-3-1-2-4-13/h5-6,10,12-14H,1-4,7-9,11H2,(H,20,25). The Morgan fingerprint density at radius 3 is 2.82 bits per heavy atom. The largest absolute Gasteiger partial charge is 0.354 e. The van der Waals surface area contributed by atoms with Gasteiger partial charge < -0.3 is 5.32 Å². The molecule has 0 radical (unpaired) electrons. The SMILES string of the molecule is O=C(CC1CSc2nccc(=O)n21)NCCn1cnc(C2CCCC2)cc1=O. The quantitative estimate of drug-likeness (QED) is 0.733. The molecule has 1 atom stereocenters. The van der Waals surface area contributed by atoms with E-state index in [1.54, 1.807) is 17.0 Å². The lowest BCUT2D eigenvalue weighted by molar-refractivity contribution is -0.121. The van der Waals surface area contributed by atoms with Crippen molar-refractivity contribution >= 4 is 17.7 Å². The van der Waals surface area contributed by atoms with Gasteiger partial charge in [-0.05, 0) is 12.8 Å². The number of aromatic nitrogens is 4. The number of thioether (sulfide) groups is 1. The molecule has 0 saturated heterocycles. The average molecular weight is 401 g/mol. The molecule has 0 bridgehead atoms. The van der Waals surface area contributed by atoms with Gasteiger partial charge in [0.2, 0.25) is 5.91 Å². The van der Waals surface area contributed by atoms with Crippen molar-refractivity contribution in [1.29, 1.82) is 0 Å². The highest BCUT2D eigenvalue weighted by Gasteiger charge is 2.26. The fraction of sp³-hybridized carbons (Fsp3) is 0.526. The number of carbonyl (C=O) groups is 1. The number of hydrogen-bond acceptors (Lipinski definition) is 6. The van der Waals surface area contributed by atoms with Gasteiger partial charge in [-0.1, -0.05) is 24.6 Å². The van der Waals surface area contributed by atoms with Crippen molar-refractivity contribution in [2.24, 2.45) is 0 Å². The zero-order chi connectivity index (χ0) is 19.5. The molecule has 2 aromatic rings. The molecule has 4 rings (SSSR count). The molecule has 3 heterocycles. The summed E-state index contributed by atoms with van der Waals surface area (Å²) >= 11 is 1.48. The predicted octanol–water partition coefficient (Wildman–Crippen LogP) is 1.31. The minimum absolute atomic E-state index is 0.0788. The first-order valence-corrected chi connectivity index (χ1v) is 10.6. The Labute approximate surface area is 166 Å². The van der Waals surface area contributed by atoms with Crippen LogP contribution < -0.4 is 16.4 Å². The first-order valence-electron chi connectivity index (χ1n) is 9.65. The minimum atomic E-state index is -0.184. The second-order valence-electron chi connectivity index (χ2n) is 7.28. The fourth-order valence-electron chi connectivity index (χ4n) is 3.89. The van der Waals surface area contributed by atoms with Gasteiger partial charge in [0.1, 0.15) is 0 Å². The van der Waals surface area contributed by atoms with Crippen LogP contribution in [0, 0.1) is 0 Å². The maximum absolute atomic E-state index is 12.3. The average Bonchev–Trinajstić information content (AvgIpc) is 3.34. The number of fused-ring (bicyclic) bond motifs is 1. The van der Waals surface area contributed by atoms with E-state index >= 15 is 0 Å². The van der Waals surface area contributed by atoms with Crippen molar-refractivity contribution in [3.63, 3.8) is 0 Å². The van der Waals surface area contributed by atoms with Crippen LogP contribution in [0.3, 0.4) is 0 Å². The van der Waals surface area contributed by atoms with Gasteiger partial charge in [-0.3, -0.25) is 23.5 Å². The lowest BCUT2D eigenvalue weighted by Gasteiger charge is -2.13. The van der Waals surface area contributed by atoms with Crippen molar-refractivity contribution in [3.8, 4) is 0 Å². The maximum Gasteiger partial charge on any atom is 0.254 e. The van der Waals surface area contributed by atoms with E-state index in [1.807, 2.05) is 0 Å². The highest BCUT2D eigenvalue weighted by molar-refractivity contribution is 7.99. The zero-order valence-electron chi connectivity index (χ0n) is 15.5. The Balaban J connectivity index is 1.29. The molecule has 1 N–H and O–H groups in total. The zero-order valence-corrected chi connectivity index (χ0v) is 16.4. The molecular weight excluding hydrogens is 378 g/mol. The van der Waals surface area contributed by atoms with Gasteiger partial charge in [0, 0.05) is 49.5 Å². The molecular formula is C19H23N5O3S. The van der Waals surface area contributed by atoms with Crippen LogP contribution in [0.15, 0.2) is 39.4 Å². The van der Waals surface area contributed by atoms with Crippen LogP contribution in [0.5, 0.6) is 0 Å². The number of nitrogens with zero attached hydrogens (tertiary/aromatic N) is 4. The minimum Gasteiger partial charge on any atom is -0.354 e. The smallest absolute Gasteiger partial charge is 0.254 e. The fourth-order valence-corrected chi connectivity index (χ4v) is 5.02. The Morgan fingerprint density at radius 1 is 1.21 bits per heavy atom. The van der Waals surface area contributed by atoms with Gasteiger partial charge in [-0.15, -0.1) is 0 Å². The van der Waals surface area contributed by atoms with E-state index in [2.05, 4.69) is 15.3 Å². The lowest BCUT2D eigenvalue weighted by atomic mass is 10.0. The number of nitrogens with one attached hydrogen (secondary N) is 1. The van der Waals surface area contributed by atoms with E-state index in [-0.39, 0.29) is 29.5 Å². The topological polar surface area (TPSA) is 98.9 Å². The Morgan fingerprint density at radius 2 is 2.04 bits per heavy atom. The summed E-state index contributed by atoms with van der Waals surface area (Å²) in [5.41, 5.74) is 0.678. The second-order valence-corrected chi connectivity index (χ2v) is 8.27. The third-order valence-corrected chi connectivity index (χ3v) is 6.50. The molecule has 2 aromatic heterocycles. The van der Waals surface area contributed by atoms with Crippen molar-refractivity contribution < 1.29 is 4.79 Å². The summed E-state index contributed by atoms with van der Waals surface area (Å²) in [6.45, 7) is 0.720. The van der Waals surface area contributed by atoms with E-state index in [0.717, 1.165) is 18.5 Å². The first kappa shape index (κ1) is 18.9. The van der Waals surface area contributed by atoms with Gasteiger partial charge in [0.05, 0.1) is 18.1 Å². The molecule has 148 valence electrons. The Kier molecular flexibility index (Phi) is 5.61. The maximum atomic E-state index is 12.3. The molecule has 9 heteroatoms. The highest BCUT2D eigenvalue weighted by atomic mass is 32.2. The van der Waals surface area contributed by atoms with Crippen LogP contribution in [0.4, 0.5) is 0 Å². The van der Waals surface area contributed by atoms with Crippen LogP contribution in [0.1, 0.15) is 49.8 Å². The molecule has 0 aromatic carbocycles. The van der Waals surface area contributed by atoms with Crippen molar-refractivity contribution in [2.75, 3.05) is 12.3 Å². The van der Waals surface area contributed by atoms with E-state index in [9.17, 15) is 14.4 Å². The van der Waals surface area contributed by atoms with Gasteiger partial charge in [-0.2, -0.15) is 0 Å². The Bertz CT molecular complexity index is 980. The summed E-state index contributed by atoms with van der Waals surface area (Å²) in [6, 6.07) is 2.86. The van der Waals surface area contributed by atoms with Gasteiger partial charge in [0.15, 0.2) is 5.16 Å². The van der Waals surface area contributed by atoms with Crippen molar-refractivity contribution in [1.82, 2.24) is 24.4 Å². The lowest BCUT2D eigenvalue weighted by Crippen LogP contribution is -2.33. The van der Waals surface area contributed by atoms with E-state index in [0.29, 0.717) is 29.9 Å². The van der Waals surface area contributed by atoms with Gasteiger partial charge in [-0.25, -0.2) is 9.97 Å². The second kappa shape index (κ2) is 8.30. The van der Waals surface area contributed by atoms with Crippen LogP contribution in [0.2, 0.25) is 0 Å². The first-order chi connectivity index (χ1) is 13.6. The molecule has 1 unspecified atom stereocenters. The predicted molar refractivity (Wildman–Crippen MR) is 106 cm³/mol. The molecule has 1 saturated carbocycles. The monoisotopic (exact) mass is 401 g/mol. The Hall–Kier alpha value is -2.42. The van der Waals surface area contributed by atoms with Crippen LogP contribution in [-0.4, -0.2) is 37.3 Å². The molecule has 1 amide bonds. The van der Waals surface area contributed by atoms with Crippen LogP contribution in [0.25, 0.3) is 0 Å². The number of carbonyl (C=O) groups excluding carboxylic acids is 1. The molecule has 28 heavy (non-hydrogen) atoms. The van der Waals surface area contributed by atoms with E-state index in [1.165, 1.54) is 41.4 Å². The third-order valence-electron chi connectivity index (χ3n) is 5.39. The summed E-state index contributed by atoms with van der Waals surface area (Å²) in [6.07, 6.45) is 7.91. The normalized spacial score (nSPS) is 18.9. The van der Waals surface area contributed by atoms with Crippen molar-refractivity contribution in [3.05, 3.63) is 51.1 Å². The van der Waals surface area contributed by atoms with Gasteiger partial charge in [0.25, 0.3) is 11.1 Å². The molecule has 1 aliphatic carbocycles. The summed E-state index contributed by atoms with van der Waals surface area (Å²) in [4.78, 5) is 45.2. The van der Waals surface area contributed by atoms with E-state index in [4.69, 9.17) is 0 Å². The molecule has 1 fully saturated rings. The molecule has 2 aliphatic rings.